The van der Waals surface area contributed by atoms with Crippen molar-refractivity contribution in [3.63, 3.8) is 0 Å². The van der Waals surface area contributed by atoms with Gasteiger partial charge in [0.2, 0.25) is 0 Å². The van der Waals surface area contributed by atoms with Gasteiger partial charge in [-0.05, 0) is 11.6 Å². The molecule has 1 aromatic carbocycles. The summed E-state index contributed by atoms with van der Waals surface area (Å²) >= 11 is 4.64. The minimum atomic E-state index is -0.446. The summed E-state index contributed by atoms with van der Waals surface area (Å²) < 4.78 is 0. The lowest BCUT2D eigenvalue weighted by atomic mass is 10.2. The Morgan fingerprint density at radius 2 is 2.29 bits per heavy atom. The summed E-state index contributed by atoms with van der Waals surface area (Å²) in [5, 5.41) is 10.4. The van der Waals surface area contributed by atoms with E-state index in [0.717, 1.165) is 0 Å². The number of thiocarbonyl (C=S) groups is 1. The van der Waals surface area contributed by atoms with Crippen LogP contribution in [-0.2, 0) is 0 Å². The molecule has 0 fully saturated rings. The normalized spacial score (nSPS) is 10.3. The van der Waals surface area contributed by atoms with Gasteiger partial charge in [-0.1, -0.05) is 30.4 Å². The van der Waals surface area contributed by atoms with Gasteiger partial charge in [-0.25, -0.2) is 0 Å². The van der Waals surface area contributed by atoms with Crippen molar-refractivity contribution in [2.24, 2.45) is 5.73 Å². The molecule has 0 bridgehead atoms. The van der Waals surface area contributed by atoms with Crippen LogP contribution in [0.15, 0.2) is 30.3 Å². The summed E-state index contributed by atoms with van der Waals surface area (Å²) in [7, 11) is 0. The van der Waals surface area contributed by atoms with Crippen molar-refractivity contribution in [2.75, 3.05) is 0 Å². The number of nitro benzene ring substituents is 1. The summed E-state index contributed by atoms with van der Waals surface area (Å²) in [6.45, 7) is 0. The molecule has 5 heteroatoms. The van der Waals surface area contributed by atoms with Crippen molar-refractivity contribution in [3.8, 4) is 0 Å². The molecule has 72 valence electrons. The highest BCUT2D eigenvalue weighted by Gasteiger charge is 2.03. The van der Waals surface area contributed by atoms with Crippen LogP contribution in [0.2, 0.25) is 0 Å². The van der Waals surface area contributed by atoms with Crippen molar-refractivity contribution < 1.29 is 4.92 Å². The summed E-state index contributed by atoms with van der Waals surface area (Å²) in [5.74, 6) is 0. The van der Waals surface area contributed by atoms with E-state index < -0.39 is 4.92 Å². The van der Waals surface area contributed by atoms with Crippen LogP contribution in [0.25, 0.3) is 6.08 Å². The van der Waals surface area contributed by atoms with Crippen LogP contribution in [0.3, 0.4) is 0 Å². The predicted molar refractivity (Wildman–Crippen MR) is 58.9 cm³/mol. The molecule has 0 spiro atoms. The van der Waals surface area contributed by atoms with Crippen molar-refractivity contribution in [2.45, 2.75) is 0 Å². The largest absolute Gasteiger partial charge is 0.390 e. The maximum atomic E-state index is 10.4. The van der Waals surface area contributed by atoms with Gasteiger partial charge in [0.25, 0.3) is 5.69 Å². The van der Waals surface area contributed by atoms with Gasteiger partial charge < -0.3 is 5.73 Å². The van der Waals surface area contributed by atoms with E-state index in [2.05, 4.69) is 12.2 Å². The Morgan fingerprint density at radius 3 is 2.86 bits per heavy atom. The highest BCUT2D eigenvalue weighted by Crippen LogP contribution is 2.13. The van der Waals surface area contributed by atoms with Crippen molar-refractivity contribution in [1.82, 2.24) is 0 Å². The second-order valence-corrected chi connectivity index (χ2v) is 3.06. The highest BCUT2D eigenvalue weighted by molar-refractivity contribution is 7.80. The Labute approximate surface area is 86.2 Å². The van der Waals surface area contributed by atoms with Gasteiger partial charge in [0.05, 0.1) is 9.91 Å². The number of nitrogens with two attached hydrogens (primary N) is 1. The lowest BCUT2D eigenvalue weighted by Gasteiger charge is -1.93. The quantitative estimate of drug-likeness (QED) is 0.356. The van der Waals surface area contributed by atoms with Crippen molar-refractivity contribution in [1.29, 1.82) is 0 Å². The maximum Gasteiger partial charge on any atom is 0.270 e. The summed E-state index contributed by atoms with van der Waals surface area (Å²) in [5.41, 5.74) is 6.00. The smallest absolute Gasteiger partial charge is 0.270 e. The molecule has 2 N–H and O–H groups in total. The molecule has 0 aliphatic rings. The third kappa shape index (κ3) is 2.95. The van der Waals surface area contributed by atoms with Crippen LogP contribution in [0.1, 0.15) is 5.56 Å². The molecule has 0 saturated carbocycles. The Hall–Kier alpha value is -1.75. The van der Waals surface area contributed by atoms with Crippen LogP contribution in [0.5, 0.6) is 0 Å². The Balaban J connectivity index is 2.94. The third-order valence-corrected chi connectivity index (χ3v) is 1.66. The number of benzene rings is 1. The molecule has 1 aromatic rings. The van der Waals surface area contributed by atoms with Crippen molar-refractivity contribution in [3.05, 3.63) is 46.0 Å². The standard InChI is InChI=1S/C9H8N2O2S/c10-9(14)5-4-7-2-1-3-8(6-7)11(12)13/h1-6H,(H2,10,14). The molecule has 14 heavy (non-hydrogen) atoms. The summed E-state index contributed by atoms with van der Waals surface area (Å²) in [6, 6.07) is 6.23. The number of hydrogen-bond acceptors (Lipinski definition) is 3. The fraction of sp³-hybridized carbons (Fsp3) is 0. The zero-order valence-electron chi connectivity index (χ0n) is 7.21. The first-order chi connectivity index (χ1) is 6.59. The second kappa shape index (κ2) is 4.48. The Bertz CT molecular complexity index is 402. The average Bonchev–Trinajstić information content (AvgIpc) is 2.15. The van der Waals surface area contributed by atoms with Gasteiger partial charge in [-0.15, -0.1) is 0 Å². The van der Waals surface area contributed by atoms with Gasteiger partial charge in [0.15, 0.2) is 0 Å². The third-order valence-electron chi connectivity index (χ3n) is 1.52. The minimum Gasteiger partial charge on any atom is -0.390 e. The van der Waals surface area contributed by atoms with Crippen LogP contribution < -0.4 is 5.73 Å². The van der Waals surface area contributed by atoms with Gasteiger partial charge >= 0.3 is 0 Å². The molecule has 0 unspecified atom stereocenters. The lowest BCUT2D eigenvalue weighted by Crippen LogP contribution is -2.01. The zero-order chi connectivity index (χ0) is 10.6. The fourth-order valence-electron chi connectivity index (χ4n) is 0.920. The van der Waals surface area contributed by atoms with E-state index in [0.29, 0.717) is 5.56 Å². The van der Waals surface area contributed by atoms with E-state index in [4.69, 9.17) is 5.73 Å². The Kier molecular flexibility index (Phi) is 3.30. The molecule has 0 heterocycles. The molecular weight excluding hydrogens is 200 g/mol. The fourth-order valence-corrected chi connectivity index (χ4v) is 0.988. The van der Waals surface area contributed by atoms with Crippen LogP contribution >= 0.6 is 12.2 Å². The van der Waals surface area contributed by atoms with Crippen LogP contribution in [0, 0.1) is 10.1 Å². The molecule has 0 radical (unpaired) electrons. The summed E-state index contributed by atoms with van der Waals surface area (Å²) in [6.07, 6.45) is 3.16. The van der Waals surface area contributed by atoms with Gasteiger partial charge in [-0.3, -0.25) is 10.1 Å². The number of rotatable bonds is 3. The molecule has 0 atom stereocenters. The minimum absolute atomic E-state index is 0.0510. The first-order valence-electron chi connectivity index (χ1n) is 3.81. The maximum absolute atomic E-state index is 10.4. The first-order valence-corrected chi connectivity index (χ1v) is 4.22. The average molecular weight is 208 g/mol. The Morgan fingerprint density at radius 1 is 1.57 bits per heavy atom. The molecule has 0 aliphatic heterocycles. The van der Waals surface area contributed by atoms with E-state index in [9.17, 15) is 10.1 Å². The van der Waals surface area contributed by atoms with Crippen LogP contribution in [-0.4, -0.2) is 9.91 Å². The summed E-state index contributed by atoms with van der Waals surface area (Å²) in [4.78, 5) is 10.2. The predicted octanol–water partition coefficient (Wildman–Crippen LogP) is 1.89. The molecule has 0 saturated heterocycles. The van der Waals surface area contributed by atoms with Gasteiger partial charge in [-0.2, -0.15) is 0 Å². The van der Waals surface area contributed by atoms with E-state index in [1.54, 1.807) is 18.2 Å². The highest BCUT2D eigenvalue weighted by atomic mass is 32.1. The van der Waals surface area contributed by atoms with Gasteiger partial charge in [0, 0.05) is 12.1 Å². The second-order valence-electron chi connectivity index (χ2n) is 2.59. The molecule has 0 amide bonds. The molecule has 1 rings (SSSR count). The number of nitro groups is 1. The molecule has 0 aromatic heterocycles. The topological polar surface area (TPSA) is 69.2 Å². The number of nitrogens with zero attached hydrogens (tertiary/aromatic N) is 1. The van der Waals surface area contributed by atoms with E-state index in [1.807, 2.05) is 0 Å². The first kappa shape index (κ1) is 10.3. The van der Waals surface area contributed by atoms with Crippen LogP contribution in [0.4, 0.5) is 5.69 Å². The van der Waals surface area contributed by atoms with Gasteiger partial charge in [0.1, 0.15) is 0 Å². The number of hydrogen-bond donors (Lipinski definition) is 1. The van der Waals surface area contributed by atoms with E-state index >= 15 is 0 Å². The van der Waals surface area contributed by atoms with E-state index in [1.165, 1.54) is 18.2 Å². The SMILES string of the molecule is NC(=S)C=Cc1cccc([N+](=O)[O-])c1. The zero-order valence-corrected chi connectivity index (χ0v) is 8.03. The number of non-ortho nitro benzene ring substituents is 1. The monoisotopic (exact) mass is 208 g/mol. The molecule has 0 aliphatic carbocycles. The molecule has 4 nitrogen and oxygen atoms in total. The lowest BCUT2D eigenvalue weighted by molar-refractivity contribution is -0.384. The van der Waals surface area contributed by atoms with Crippen molar-refractivity contribution >= 4 is 29.0 Å². The van der Waals surface area contributed by atoms with E-state index in [-0.39, 0.29) is 10.7 Å². The molecular formula is C9H8N2O2S.